The van der Waals surface area contributed by atoms with Gasteiger partial charge in [-0.3, -0.25) is 0 Å². The number of rotatable bonds is 14. The van der Waals surface area contributed by atoms with Crippen molar-refractivity contribution in [1.29, 1.82) is 0 Å². The summed E-state index contributed by atoms with van der Waals surface area (Å²) in [5.74, 6) is 0. The van der Waals surface area contributed by atoms with Gasteiger partial charge in [0.2, 0.25) is 20.0 Å². The van der Waals surface area contributed by atoms with E-state index in [1.54, 1.807) is 0 Å². The highest BCUT2D eigenvalue weighted by atomic mass is 32.3. The van der Waals surface area contributed by atoms with Crippen molar-refractivity contribution in [2.75, 3.05) is 58.7 Å². The molecular weight excluding hydrogens is 334 g/mol. The summed E-state index contributed by atoms with van der Waals surface area (Å²) in [6.07, 6.45) is 3.80. The molecule has 0 spiro atoms. The van der Waals surface area contributed by atoms with Gasteiger partial charge in [0.1, 0.15) is 0 Å². The van der Waals surface area contributed by atoms with Crippen LogP contribution in [0.4, 0.5) is 0 Å². The zero-order chi connectivity index (χ0) is 17.1. The van der Waals surface area contributed by atoms with Gasteiger partial charge in [0.15, 0.2) is 0 Å². The average Bonchev–Trinajstić information content (AvgIpc) is 2.37. The van der Waals surface area contributed by atoms with Gasteiger partial charge in [0.25, 0.3) is 0 Å². The van der Waals surface area contributed by atoms with Gasteiger partial charge in [-0.25, -0.2) is 16.8 Å². The van der Waals surface area contributed by atoms with Crippen LogP contribution >= 0.6 is 0 Å². The third-order valence-electron chi connectivity index (χ3n) is 2.54. The maximum absolute atomic E-state index is 11.3. The van der Waals surface area contributed by atoms with Crippen molar-refractivity contribution in [2.45, 2.75) is 19.8 Å². The van der Waals surface area contributed by atoms with Crippen LogP contribution in [0.3, 0.4) is 0 Å². The van der Waals surface area contributed by atoms with Gasteiger partial charge in [0.05, 0.1) is 52.1 Å². The molecule has 0 saturated heterocycles. The van der Waals surface area contributed by atoms with Crippen LogP contribution in [0.25, 0.3) is 0 Å². The number of hydrogen-bond donors (Lipinski definition) is 0. The first-order valence-electron chi connectivity index (χ1n) is 7.10. The lowest BCUT2D eigenvalue weighted by Gasteiger charge is -2.17. The molecule has 0 amide bonds. The molecule has 134 valence electrons. The Kier molecular flexibility index (Phi) is 11.2. The molecule has 0 bridgehead atoms. The molecule has 22 heavy (non-hydrogen) atoms. The summed E-state index contributed by atoms with van der Waals surface area (Å²) in [4.78, 5) is 0. The van der Waals surface area contributed by atoms with Gasteiger partial charge in [-0.05, 0) is 6.42 Å². The summed E-state index contributed by atoms with van der Waals surface area (Å²) >= 11 is 0. The molecule has 0 aliphatic rings. The normalized spacial score (nSPS) is 12.9. The van der Waals surface area contributed by atoms with Crippen LogP contribution in [0.1, 0.15) is 19.8 Å². The maximum Gasteiger partial charge on any atom is 0.224 e. The molecule has 0 atom stereocenters. The smallest absolute Gasteiger partial charge is 0.224 e. The zero-order valence-corrected chi connectivity index (χ0v) is 15.1. The van der Waals surface area contributed by atoms with Crippen molar-refractivity contribution in [3.8, 4) is 0 Å². The fourth-order valence-electron chi connectivity index (χ4n) is 1.50. The third kappa shape index (κ3) is 11.3. The molecule has 0 rings (SSSR count). The summed E-state index contributed by atoms with van der Waals surface area (Å²) in [5, 5.41) is 0. The SMILES string of the molecule is CCCCOCCOCCOCCN(S(C)(=O)=O)S(C)(=O)=O. The monoisotopic (exact) mass is 361 g/mol. The highest BCUT2D eigenvalue weighted by Gasteiger charge is 2.26. The van der Waals surface area contributed by atoms with E-state index < -0.39 is 20.0 Å². The van der Waals surface area contributed by atoms with Crippen molar-refractivity contribution in [3.05, 3.63) is 0 Å². The lowest BCUT2D eigenvalue weighted by Crippen LogP contribution is -2.37. The second-order valence-electron chi connectivity index (χ2n) is 4.71. The Bertz CT molecular complexity index is 444. The summed E-state index contributed by atoms with van der Waals surface area (Å²) < 4.78 is 61.5. The van der Waals surface area contributed by atoms with E-state index in [9.17, 15) is 16.8 Å². The topological polar surface area (TPSA) is 99.2 Å². The first kappa shape index (κ1) is 21.7. The van der Waals surface area contributed by atoms with Crippen LogP contribution in [-0.2, 0) is 34.3 Å². The molecular formula is C12H27NO7S2. The summed E-state index contributed by atoms with van der Waals surface area (Å²) in [7, 11) is -7.64. The first-order valence-corrected chi connectivity index (χ1v) is 10.8. The Morgan fingerprint density at radius 3 is 1.55 bits per heavy atom. The molecule has 0 heterocycles. The second-order valence-corrected chi connectivity index (χ2v) is 8.76. The van der Waals surface area contributed by atoms with E-state index >= 15 is 0 Å². The minimum Gasteiger partial charge on any atom is -0.379 e. The molecule has 0 saturated carbocycles. The molecule has 0 aromatic rings. The van der Waals surface area contributed by atoms with Crippen LogP contribution in [0.5, 0.6) is 0 Å². The Morgan fingerprint density at radius 2 is 1.14 bits per heavy atom. The van der Waals surface area contributed by atoms with Gasteiger partial charge in [-0.1, -0.05) is 17.1 Å². The van der Waals surface area contributed by atoms with Gasteiger partial charge >= 0.3 is 0 Å². The van der Waals surface area contributed by atoms with Crippen molar-refractivity contribution in [2.24, 2.45) is 0 Å². The average molecular weight is 361 g/mol. The highest BCUT2D eigenvalue weighted by molar-refractivity contribution is 8.03. The summed E-state index contributed by atoms with van der Waals surface area (Å²) in [6.45, 7) is 4.15. The number of ether oxygens (including phenoxy) is 3. The Balaban J connectivity index is 3.68. The highest BCUT2D eigenvalue weighted by Crippen LogP contribution is 2.04. The third-order valence-corrected chi connectivity index (χ3v) is 6.01. The number of nitrogens with zero attached hydrogens (tertiary/aromatic N) is 1. The molecule has 0 aromatic carbocycles. The second kappa shape index (κ2) is 11.3. The quantitative estimate of drug-likeness (QED) is 0.403. The minimum atomic E-state index is -3.82. The van der Waals surface area contributed by atoms with E-state index in [4.69, 9.17) is 14.2 Å². The number of unbranched alkanes of at least 4 members (excludes halogenated alkanes) is 1. The molecule has 0 fully saturated rings. The van der Waals surface area contributed by atoms with Gasteiger partial charge in [-0.15, -0.1) is 0 Å². The molecule has 0 N–H and O–H groups in total. The zero-order valence-electron chi connectivity index (χ0n) is 13.5. The fraction of sp³-hybridized carbons (Fsp3) is 1.00. The van der Waals surface area contributed by atoms with Gasteiger partial charge in [-0.2, -0.15) is 0 Å². The lowest BCUT2D eigenvalue weighted by molar-refractivity contribution is 0.0140. The minimum absolute atomic E-state index is 0.0174. The van der Waals surface area contributed by atoms with Crippen LogP contribution < -0.4 is 0 Å². The predicted molar refractivity (Wildman–Crippen MR) is 83.8 cm³/mol. The largest absolute Gasteiger partial charge is 0.379 e. The Labute approximate surface area is 133 Å². The van der Waals surface area contributed by atoms with Crippen LogP contribution in [0.2, 0.25) is 0 Å². The van der Waals surface area contributed by atoms with Crippen molar-refractivity contribution in [1.82, 2.24) is 3.71 Å². The fourth-order valence-corrected chi connectivity index (χ4v) is 4.28. The standard InChI is InChI=1S/C12H27NO7S2/c1-4-5-7-18-9-11-20-12-10-19-8-6-13(21(2,14)15)22(3,16)17/h4-12H2,1-3H3. The first-order chi connectivity index (χ1) is 10.2. The van der Waals surface area contributed by atoms with E-state index in [1.165, 1.54) is 0 Å². The van der Waals surface area contributed by atoms with Crippen molar-refractivity contribution >= 4 is 20.0 Å². The van der Waals surface area contributed by atoms with Gasteiger partial charge < -0.3 is 14.2 Å². The van der Waals surface area contributed by atoms with E-state index in [0.717, 1.165) is 32.0 Å². The molecule has 0 aliphatic carbocycles. The molecule has 0 aromatic heterocycles. The van der Waals surface area contributed by atoms with Crippen LogP contribution in [0, 0.1) is 0 Å². The molecule has 0 unspecified atom stereocenters. The number of sulfonamides is 2. The summed E-state index contributed by atoms with van der Waals surface area (Å²) in [6, 6.07) is 0. The van der Waals surface area contributed by atoms with E-state index in [-0.39, 0.29) is 19.8 Å². The van der Waals surface area contributed by atoms with Crippen molar-refractivity contribution in [3.63, 3.8) is 0 Å². The number of hydrogen-bond acceptors (Lipinski definition) is 7. The van der Waals surface area contributed by atoms with E-state index in [0.29, 0.717) is 23.5 Å². The lowest BCUT2D eigenvalue weighted by atomic mass is 10.4. The molecule has 10 heteroatoms. The van der Waals surface area contributed by atoms with Crippen LogP contribution in [-0.4, -0.2) is 79.2 Å². The Hall–Kier alpha value is -0.260. The molecule has 8 nitrogen and oxygen atoms in total. The maximum atomic E-state index is 11.3. The summed E-state index contributed by atoms with van der Waals surface area (Å²) in [5.41, 5.74) is 0. The van der Waals surface area contributed by atoms with Crippen LogP contribution in [0.15, 0.2) is 0 Å². The van der Waals surface area contributed by atoms with E-state index in [1.807, 2.05) is 0 Å². The Morgan fingerprint density at radius 1 is 0.727 bits per heavy atom. The predicted octanol–water partition coefficient (Wildman–Crippen LogP) is 0.0575. The molecule has 0 aliphatic heterocycles. The molecule has 0 radical (unpaired) electrons. The van der Waals surface area contributed by atoms with Gasteiger partial charge in [0, 0.05) is 6.61 Å². The van der Waals surface area contributed by atoms with E-state index in [2.05, 4.69) is 6.92 Å². The van der Waals surface area contributed by atoms with Crippen molar-refractivity contribution < 1.29 is 31.0 Å².